The van der Waals surface area contributed by atoms with E-state index in [1.165, 1.54) is 26.9 Å². The van der Waals surface area contributed by atoms with Gasteiger partial charge in [0.2, 0.25) is 0 Å². The smallest absolute Gasteiger partial charge is 0.263 e. The minimum Gasteiger partial charge on any atom is -0.276 e. The molecule has 182 valence electrons. The molecule has 7 aromatic carbocycles. The van der Waals surface area contributed by atoms with Crippen molar-refractivity contribution in [1.29, 1.82) is 0 Å². The fraction of sp³-hybridized carbons (Fsp3) is 0. The molecule has 0 aliphatic carbocycles. The lowest BCUT2D eigenvalue weighted by molar-refractivity contribution is 1.06. The topological polar surface area (TPSA) is 22.0 Å². The zero-order chi connectivity index (χ0) is 25.9. The van der Waals surface area contributed by atoms with Gasteiger partial charge in [-0.3, -0.25) is 9.36 Å². The van der Waals surface area contributed by atoms with Crippen molar-refractivity contribution in [2.75, 3.05) is 0 Å². The second kappa shape index (κ2) is 8.41. The van der Waals surface area contributed by atoms with Crippen molar-refractivity contribution in [2.45, 2.75) is 0 Å². The Morgan fingerprint density at radius 1 is 0.359 bits per heavy atom. The number of pyridine rings is 1. The molecule has 0 bridgehead atoms. The normalized spacial score (nSPS) is 11.7. The van der Waals surface area contributed by atoms with Crippen LogP contribution >= 0.6 is 0 Å². The van der Waals surface area contributed by atoms with Crippen molar-refractivity contribution >= 4 is 54.0 Å². The van der Waals surface area contributed by atoms with Gasteiger partial charge in [0.1, 0.15) is 0 Å². The summed E-state index contributed by atoms with van der Waals surface area (Å²) < 4.78 is 1.88. The molecule has 2 nitrogen and oxygen atoms in total. The van der Waals surface area contributed by atoms with Crippen LogP contribution in [0.25, 0.3) is 70.8 Å². The van der Waals surface area contributed by atoms with Gasteiger partial charge in [0.05, 0.1) is 5.52 Å². The molecular formula is C37H23NO. The lowest BCUT2D eigenvalue weighted by atomic mass is 9.94. The van der Waals surface area contributed by atoms with E-state index in [2.05, 4.69) is 115 Å². The van der Waals surface area contributed by atoms with Crippen molar-refractivity contribution in [1.82, 2.24) is 4.57 Å². The Morgan fingerprint density at radius 3 is 1.51 bits per heavy atom. The maximum Gasteiger partial charge on any atom is 0.263 e. The summed E-state index contributed by atoms with van der Waals surface area (Å²) in [5, 5.41) is 9.99. The largest absolute Gasteiger partial charge is 0.276 e. The van der Waals surface area contributed by atoms with E-state index in [-0.39, 0.29) is 5.56 Å². The summed E-state index contributed by atoms with van der Waals surface area (Å²) in [5.41, 5.74) is 4.06. The molecule has 0 atom stereocenters. The second-order valence-corrected chi connectivity index (χ2v) is 10.1. The van der Waals surface area contributed by atoms with Gasteiger partial charge in [-0.15, -0.1) is 0 Å². The third kappa shape index (κ3) is 3.25. The van der Waals surface area contributed by atoms with Gasteiger partial charge in [-0.05, 0) is 79.2 Å². The summed E-state index contributed by atoms with van der Waals surface area (Å²) in [6.07, 6.45) is 0. The van der Waals surface area contributed by atoms with Crippen LogP contribution in [0.5, 0.6) is 0 Å². The van der Waals surface area contributed by atoms with Crippen LogP contribution in [-0.2, 0) is 0 Å². The number of aromatic nitrogens is 1. The Labute approximate surface area is 225 Å². The highest BCUT2D eigenvalue weighted by Crippen LogP contribution is 2.37. The highest BCUT2D eigenvalue weighted by atomic mass is 16.1. The molecule has 0 N–H and O–H groups in total. The second-order valence-electron chi connectivity index (χ2n) is 10.1. The molecule has 8 aromatic rings. The van der Waals surface area contributed by atoms with Crippen LogP contribution in [0.4, 0.5) is 0 Å². The molecule has 0 saturated carbocycles. The third-order valence-corrected chi connectivity index (χ3v) is 7.98. The van der Waals surface area contributed by atoms with Gasteiger partial charge in [-0.2, -0.15) is 0 Å². The minimum absolute atomic E-state index is 0.00462. The summed E-state index contributed by atoms with van der Waals surface area (Å²) in [4.78, 5) is 14.1. The molecule has 0 spiro atoms. The fourth-order valence-electron chi connectivity index (χ4n) is 6.18. The average molecular weight is 498 g/mol. The Kier molecular flexibility index (Phi) is 4.71. The maximum absolute atomic E-state index is 14.1. The first-order valence-corrected chi connectivity index (χ1v) is 13.2. The Bertz CT molecular complexity index is 2260. The van der Waals surface area contributed by atoms with E-state index < -0.39 is 0 Å². The predicted octanol–water partition coefficient (Wildman–Crippen LogP) is 9.27. The van der Waals surface area contributed by atoms with Crippen LogP contribution in [0.2, 0.25) is 0 Å². The molecule has 0 amide bonds. The summed E-state index contributed by atoms with van der Waals surface area (Å²) >= 11 is 0. The highest BCUT2D eigenvalue weighted by Gasteiger charge is 2.15. The number of benzene rings is 7. The average Bonchev–Trinajstić information content (AvgIpc) is 3.01. The molecule has 0 saturated heterocycles. The minimum atomic E-state index is -0.00462. The van der Waals surface area contributed by atoms with Crippen LogP contribution in [0.3, 0.4) is 0 Å². The first-order valence-electron chi connectivity index (χ1n) is 13.2. The summed E-state index contributed by atoms with van der Waals surface area (Å²) in [5.74, 6) is 0. The molecule has 0 unspecified atom stereocenters. The molecule has 2 heteroatoms. The van der Waals surface area contributed by atoms with Crippen LogP contribution < -0.4 is 5.56 Å². The molecule has 8 rings (SSSR count). The van der Waals surface area contributed by atoms with Gasteiger partial charge in [0.25, 0.3) is 5.56 Å². The first-order chi connectivity index (χ1) is 19.3. The Hall–Kier alpha value is -5.21. The molecule has 39 heavy (non-hydrogen) atoms. The van der Waals surface area contributed by atoms with Crippen molar-refractivity contribution in [3.63, 3.8) is 0 Å². The molecular weight excluding hydrogens is 474 g/mol. The zero-order valence-electron chi connectivity index (χ0n) is 21.1. The standard InChI is InChI=1S/C37H23NO/c39-37-33-17-9-8-16-31(33)35-22-25(24-10-2-1-3-11-24)18-21-36(35)38(37)26-19-20-32-29-14-5-4-12-27(29)28-13-6-7-15-30(28)34(32)23-26/h1-23H. The monoisotopic (exact) mass is 497 g/mol. The SMILES string of the molecule is O=c1c2ccccc2c2cc(-c3ccccc3)ccc2n1-c1ccc2c3ccccc3c3ccccc3c2c1. The van der Waals surface area contributed by atoms with E-state index in [9.17, 15) is 4.79 Å². The van der Waals surface area contributed by atoms with Crippen molar-refractivity contribution in [3.8, 4) is 16.8 Å². The number of fused-ring (bicyclic) bond motifs is 9. The van der Waals surface area contributed by atoms with E-state index in [4.69, 9.17) is 0 Å². The maximum atomic E-state index is 14.1. The van der Waals surface area contributed by atoms with Gasteiger partial charge >= 0.3 is 0 Å². The van der Waals surface area contributed by atoms with E-state index in [1.54, 1.807) is 0 Å². The lowest BCUT2D eigenvalue weighted by Gasteiger charge is -2.16. The number of rotatable bonds is 2. The number of nitrogens with zero attached hydrogens (tertiary/aromatic N) is 1. The first kappa shape index (κ1) is 21.8. The van der Waals surface area contributed by atoms with Crippen molar-refractivity contribution in [2.24, 2.45) is 0 Å². The van der Waals surface area contributed by atoms with E-state index in [1.807, 2.05) is 28.8 Å². The van der Waals surface area contributed by atoms with Crippen molar-refractivity contribution < 1.29 is 0 Å². The Morgan fingerprint density at radius 2 is 0.872 bits per heavy atom. The zero-order valence-corrected chi connectivity index (χ0v) is 21.1. The van der Waals surface area contributed by atoms with Gasteiger partial charge in [0.15, 0.2) is 0 Å². The predicted molar refractivity (Wildman–Crippen MR) is 165 cm³/mol. The molecule has 1 heterocycles. The van der Waals surface area contributed by atoms with Gasteiger partial charge in [-0.1, -0.05) is 109 Å². The van der Waals surface area contributed by atoms with Gasteiger partial charge in [0, 0.05) is 16.5 Å². The molecule has 0 radical (unpaired) electrons. The van der Waals surface area contributed by atoms with E-state index >= 15 is 0 Å². The summed E-state index contributed by atoms with van der Waals surface area (Å²) in [6.45, 7) is 0. The van der Waals surface area contributed by atoms with Gasteiger partial charge < -0.3 is 0 Å². The molecule has 1 aromatic heterocycles. The molecule has 0 aliphatic heterocycles. The Balaban J connectivity index is 1.49. The quantitative estimate of drug-likeness (QED) is 0.218. The van der Waals surface area contributed by atoms with Crippen molar-refractivity contribution in [3.05, 3.63) is 150 Å². The lowest BCUT2D eigenvalue weighted by Crippen LogP contribution is -2.19. The van der Waals surface area contributed by atoms with Crippen LogP contribution in [0.1, 0.15) is 0 Å². The van der Waals surface area contributed by atoms with Gasteiger partial charge in [-0.25, -0.2) is 0 Å². The van der Waals surface area contributed by atoms with Crippen LogP contribution in [0.15, 0.2) is 144 Å². The van der Waals surface area contributed by atoms with E-state index in [0.717, 1.165) is 43.9 Å². The fourth-order valence-corrected chi connectivity index (χ4v) is 6.18. The molecule has 0 fully saturated rings. The number of hydrogen-bond donors (Lipinski definition) is 0. The highest BCUT2D eigenvalue weighted by molar-refractivity contribution is 6.25. The third-order valence-electron chi connectivity index (χ3n) is 7.98. The number of hydrogen-bond acceptors (Lipinski definition) is 1. The van der Waals surface area contributed by atoms with Crippen LogP contribution in [0, 0.1) is 0 Å². The van der Waals surface area contributed by atoms with E-state index in [0.29, 0.717) is 0 Å². The van der Waals surface area contributed by atoms with Crippen LogP contribution in [-0.4, -0.2) is 4.57 Å². The summed E-state index contributed by atoms with van der Waals surface area (Å²) in [7, 11) is 0. The molecule has 0 aliphatic rings. The summed E-state index contributed by atoms with van der Waals surface area (Å²) in [6, 6.07) is 48.3.